The maximum absolute atomic E-state index is 4.66. The standard InChI is InChI=1S/C19H21N7/c1-2-5-16(6-3-1)15-23-17-7-10-22-19(24-17)26-13-11-25(12-14-26)18-20-8-4-9-21-18/h1-10H,11-15H2,(H,22,23,24). The van der Waals surface area contributed by atoms with E-state index < -0.39 is 0 Å². The first-order valence-corrected chi connectivity index (χ1v) is 8.76. The van der Waals surface area contributed by atoms with Gasteiger partial charge in [-0.15, -0.1) is 0 Å². The van der Waals surface area contributed by atoms with Crippen molar-refractivity contribution in [3.05, 3.63) is 66.6 Å². The first-order valence-electron chi connectivity index (χ1n) is 8.76. The van der Waals surface area contributed by atoms with E-state index in [2.05, 4.69) is 47.2 Å². The Hall–Kier alpha value is -3.22. The number of hydrogen-bond acceptors (Lipinski definition) is 7. The Morgan fingerprint density at radius 1 is 0.731 bits per heavy atom. The molecule has 26 heavy (non-hydrogen) atoms. The van der Waals surface area contributed by atoms with Crippen LogP contribution in [0.3, 0.4) is 0 Å². The lowest BCUT2D eigenvalue weighted by molar-refractivity contribution is 0.628. The second kappa shape index (κ2) is 7.77. The van der Waals surface area contributed by atoms with E-state index in [1.165, 1.54) is 5.56 Å². The summed E-state index contributed by atoms with van der Waals surface area (Å²) >= 11 is 0. The fourth-order valence-electron chi connectivity index (χ4n) is 2.95. The number of rotatable bonds is 5. The SMILES string of the molecule is c1ccc(CNc2ccnc(N3CCN(c4ncccn4)CC3)n2)cc1. The molecule has 3 aromatic rings. The van der Waals surface area contributed by atoms with Gasteiger partial charge in [0.2, 0.25) is 11.9 Å². The second-order valence-corrected chi connectivity index (χ2v) is 6.10. The fourth-order valence-corrected chi connectivity index (χ4v) is 2.95. The van der Waals surface area contributed by atoms with Gasteiger partial charge in [0.05, 0.1) is 0 Å². The van der Waals surface area contributed by atoms with Gasteiger partial charge in [-0.2, -0.15) is 4.98 Å². The van der Waals surface area contributed by atoms with Gasteiger partial charge >= 0.3 is 0 Å². The normalized spacial score (nSPS) is 14.3. The molecule has 0 aliphatic carbocycles. The Bertz CT molecular complexity index is 818. The van der Waals surface area contributed by atoms with E-state index in [-0.39, 0.29) is 0 Å². The third-order valence-corrected chi connectivity index (χ3v) is 4.36. The summed E-state index contributed by atoms with van der Waals surface area (Å²) in [6.07, 6.45) is 5.36. The molecule has 1 aliphatic heterocycles. The monoisotopic (exact) mass is 347 g/mol. The zero-order valence-electron chi connectivity index (χ0n) is 14.5. The quantitative estimate of drug-likeness (QED) is 0.759. The van der Waals surface area contributed by atoms with Crippen molar-refractivity contribution in [1.82, 2.24) is 19.9 Å². The highest BCUT2D eigenvalue weighted by Gasteiger charge is 2.20. The van der Waals surface area contributed by atoms with Gasteiger partial charge in [0.25, 0.3) is 0 Å². The largest absolute Gasteiger partial charge is 0.366 e. The Morgan fingerprint density at radius 3 is 2.12 bits per heavy atom. The van der Waals surface area contributed by atoms with Crippen molar-refractivity contribution < 1.29 is 0 Å². The predicted octanol–water partition coefficient (Wildman–Crippen LogP) is 2.21. The molecule has 1 aliphatic rings. The molecule has 2 aromatic heterocycles. The summed E-state index contributed by atoms with van der Waals surface area (Å²) in [5, 5.41) is 3.37. The van der Waals surface area contributed by atoms with Crippen LogP contribution in [0.1, 0.15) is 5.56 Å². The van der Waals surface area contributed by atoms with Crippen LogP contribution in [-0.2, 0) is 6.54 Å². The highest BCUT2D eigenvalue weighted by atomic mass is 15.4. The van der Waals surface area contributed by atoms with Crippen LogP contribution in [-0.4, -0.2) is 46.1 Å². The molecule has 0 spiro atoms. The molecule has 0 saturated carbocycles. The third-order valence-electron chi connectivity index (χ3n) is 4.36. The van der Waals surface area contributed by atoms with Crippen molar-refractivity contribution in [2.45, 2.75) is 6.54 Å². The molecule has 0 atom stereocenters. The van der Waals surface area contributed by atoms with Gasteiger partial charge in [0.1, 0.15) is 5.82 Å². The number of piperazine rings is 1. The Morgan fingerprint density at radius 2 is 1.38 bits per heavy atom. The smallest absolute Gasteiger partial charge is 0.227 e. The molecular weight excluding hydrogens is 326 g/mol. The summed E-state index contributed by atoms with van der Waals surface area (Å²) in [6, 6.07) is 14.0. The second-order valence-electron chi connectivity index (χ2n) is 6.10. The average Bonchev–Trinajstić information content (AvgIpc) is 2.74. The lowest BCUT2D eigenvalue weighted by Gasteiger charge is -2.34. The number of hydrogen-bond donors (Lipinski definition) is 1. The van der Waals surface area contributed by atoms with Gasteiger partial charge in [-0.1, -0.05) is 30.3 Å². The topological polar surface area (TPSA) is 70.1 Å². The summed E-state index contributed by atoms with van der Waals surface area (Å²) in [6.45, 7) is 4.15. The molecule has 1 fully saturated rings. The molecule has 0 unspecified atom stereocenters. The van der Waals surface area contributed by atoms with Gasteiger partial charge in [0.15, 0.2) is 0 Å². The predicted molar refractivity (Wildman–Crippen MR) is 102 cm³/mol. The van der Waals surface area contributed by atoms with Gasteiger partial charge in [-0.05, 0) is 17.7 Å². The van der Waals surface area contributed by atoms with Crippen molar-refractivity contribution in [2.24, 2.45) is 0 Å². The van der Waals surface area contributed by atoms with Crippen LogP contribution in [0.25, 0.3) is 0 Å². The van der Waals surface area contributed by atoms with Gasteiger partial charge in [-0.25, -0.2) is 15.0 Å². The first kappa shape index (κ1) is 16.3. The molecule has 7 nitrogen and oxygen atoms in total. The molecule has 132 valence electrons. The number of benzene rings is 1. The molecule has 0 bridgehead atoms. The van der Waals surface area contributed by atoms with E-state index in [9.17, 15) is 0 Å². The maximum Gasteiger partial charge on any atom is 0.227 e. The van der Waals surface area contributed by atoms with E-state index in [0.717, 1.165) is 50.4 Å². The molecule has 3 heterocycles. The van der Waals surface area contributed by atoms with Crippen LogP contribution >= 0.6 is 0 Å². The van der Waals surface area contributed by atoms with Crippen molar-refractivity contribution in [3.63, 3.8) is 0 Å². The van der Waals surface area contributed by atoms with Crippen LogP contribution in [0.5, 0.6) is 0 Å². The van der Waals surface area contributed by atoms with Crippen molar-refractivity contribution in [1.29, 1.82) is 0 Å². The number of aromatic nitrogens is 4. The van der Waals surface area contributed by atoms with E-state index in [0.29, 0.717) is 0 Å². The summed E-state index contributed by atoms with van der Waals surface area (Å²) < 4.78 is 0. The van der Waals surface area contributed by atoms with Gasteiger partial charge < -0.3 is 15.1 Å². The minimum atomic E-state index is 0.746. The first-order chi connectivity index (χ1) is 12.9. The Labute approximate surface area is 152 Å². The molecular formula is C19H21N7. The van der Waals surface area contributed by atoms with Crippen LogP contribution in [0.2, 0.25) is 0 Å². The minimum Gasteiger partial charge on any atom is -0.366 e. The van der Waals surface area contributed by atoms with Crippen LogP contribution in [0.15, 0.2) is 61.1 Å². The van der Waals surface area contributed by atoms with E-state index >= 15 is 0 Å². The summed E-state index contributed by atoms with van der Waals surface area (Å²) in [5.41, 5.74) is 1.23. The molecule has 1 N–H and O–H groups in total. The Balaban J connectivity index is 1.36. The number of anilines is 3. The highest BCUT2D eigenvalue weighted by Crippen LogP contribution is 2.16. The summed E-state index contributed by atoms with van der Waals surface area (Å²) in [7, 11) is 0. The zero-order chi connectivity index (χ0) is 17.6. The van der Waals surface area contributed by atoms with Crippen LogP contribution < -0.4 is 15.1 Å². The van der Waals surface area contributed by atoms with Gasteiger partial charge in [-0.3, -0.25) is 0 Å². The molecule has 4 rings (SSSR count). The summed E-state index contributed by atoms with van der Waals surface area (Å²) in [4.78, 5) is 22.1. The molecule has 7 heteroatoms. The zero-order valence-corrected chi connectivity index (χ0v) is 14.5. The highest BCUT2D eigenvalue weighted by molar-refractivity contribution is 5.43. The lowest BCUT2D eigenvalue weighted by Crippen LogP contribution is -2.47. The van der Waals surface area contributed by atoms with Crippen molar-refractivity contribution >= 4 is 17.7 Å². The molecule has 1 aromatic carbocycles. The molecule has 1 saturated heterocycles. The third kappa shape index (κ3) is 3.88. The molecule has 0 amide bonds. The fraction of sp³-hybridized carbons (Fsp3) is 0.263. The van der Waals surface area contributed by atoms with E-state index in [1.54, 1.807) is 12.4 Å². The van der Waals surface area contributed by atoms with Gasteiger partial charge in [0, 0.05) is 51.3 Å². The average molecular weight is 347 g/mol. The number of nitrogens with zero attached hydrogens (tertiary/aromatic N) is 6. The van der Waals surface area contributed by atoms with Crippen LogP contribution in [0.4, 0.5) is 17.7 Å². The van der Waals surface area contributed by atoms with E-state index in [1.807, 2.05) is 36.5 Å². The van der Waals surface area contributed by atoms with Crippen molar-refractivity contribution in [3.8, 4) is 0 Å². The molecule has 0 radical (unpaired) electrons. The number of nitrogens with one attached hydrogen (secondary N) is 1. The maximum atomic E-state index is 4.66. The lowest BCUT2D eigenvalue weighted by atomic mass is 10.2. The summed E-state index contributed by atoms with van der Waals surface area (Å²) in [5.74, 6) is 2.38. The van der Waals surface area contributed by atoms with E-state index in [4.69, 9.17) is 0 Å². The van der Waals surface area contributed by atoms with Crippen molar-refractivity contribution in [2.75, 3.05) is 41.3 Å². The minimum absolute atomic E-state index is 0.746. The van der Waals surface area contributed by atoms with Crippen LogP contribution in [0, 0.1) is 0 Å². The Kier molecular flexibility index (Phi) is 4.86.